The number of ether oxygens (including phenoxy) is 2. The van der Waals surface area contributed by atoms with Gasteiger partial charge >= 0.3 is 17.9 Å². The van der Waals surface area contributed by atoms with E-state index in [-0.39, 0.29) is 22.3 Å². The molecule has 2 aromatic rings. The van der Waals surface area contributed by atoms with Crippen LogP contribution >= 0.6 is 0 Å². The number of benzene rings is 2. The molecule has 7 N–H and O–H groups in total. The van der Waals surface area contributed by atoms with Gasteiger partial charge in [-0.25, -0.2) is 14.4 Å². The standard InChI is InChI=1S/C25H24O12/c1-11(13-3-5-15(26)17(28)7-13)22(31)36-20-10-25(35,24(33)34)9-19(30)21(20)37-23(32)12(2)14-4-6-16(27)18(29)8-14/h3-8,19-21,26-30,35H,1-2,9-10H2,(H,33,34)/t19-,20-,21+,25-/m1/s1. The predicted molar refractivity (Wildman–Crippen MR) is 125 cm³/mol. The first-order chi connectivity index (χ1) is 17.2. The fraction of sp³-hybridized carbons (Fsp3) is 0.240. The van der Waals surface area contributed by atoms with Crippen LogP contribution in [0.15, 0.2) is 49.6 Å². The smallest absolute Gasteiger partial charge is 0.338 e. The van der Waals surface area contributed by atoms with Crippen LogP contribution in [0, 0.1) is 0 Å². The topological polar surface area (TPSA) is 211 Å². The van der Waals surface area contributed by atoms with Crippen molar-refractivity contribution >= 4 is 29.1 Å². The van der Waals surface area contributed by atoms with Crippen LogP contribution in [-0.4, -0.2) is 77.6 Å². The summed E-state index contributed by atoms with van der Waals surface area (Å²) in [6, 6.07) is 6.76. The van der Waals surface area contributed by atoms with Gasteiger partial charge in [-0.05, 0) is 35.4 Å². The summed E-state index contributed by atoms with van der Waals surface area (Å²) >= 11 is 0. The van der Waals surface area contributed by atoms with Crippen molar-refractivity contribution in [3.05, 3.63) is 60.7 Å². The summed E-state index contributed by atoms with van der Waals surface area (Å²) in [7, 11) is 0. The van der Waals surface area contributed by atoms with Crippen LogP contribution in [0.2, 0.25) is 0 Å². The van der Waals surface area contributed by atoms with E-state index in [0.717, 1.165) is 24.3 Å². The zero-order chi connectivity index (χ0) is 27.7. The summed E-state index contributed by atoms with van der Waals surface area (Å²) in [6.07, 6.45) is -6.61. The molecule has 37 heavy (non-hydrogen) atoms. The van der Waals surface area contributed by atoms with Gasteiger partial charge in [0.15, 0.2) is 34.7 Å². The van der Waals surface area contributed by atoms with Crippen LogP contribution in [0.4, 0.5) is 0 Å². The third kappa shape index (κ3) is 5.66. The highest BCUT2D eigenvalue weighted by Crippen LogP contribution is 2.36. The largest absolute Gasteiger partial charge is 0.504 e. The molecule has 0 spiro atoms. The molecule has 0 amide bonds. The maximum Gasteiger partial charge on any atom is 0.338 e. The van der Waals surface area contributed by atoms with Crippen LogP contribution in [0.3, 0.4) is 0 Å². The monoisotopic (exact) mass is 516 g/mol. The molecular formula is C25H24O12. The van der Waals surface area contributed by atoms with Gasteiger partial charge in [-0.15, -0.1) is 0 Å². The van der Waals surface area contributed by atoms with E-state index in [4.69, 9.17) is 9.47 Å². The van der Waals surface area contributed by atoms with Crippen molar-refractivity contribution in [2.24, 2.45) is 0 Å². The number of hydrogen-bond donors (Lipinski definition) is 7. The third-order valence-corrected chi connectivity index (χ3v) is 5.87. The van der Waals surface area contributed by atoms with Crippen LogP contribution in [0.25, 0.3) is 11.1 Å². The highest BCUT2D eigenvalue weighted by atomic mass is 16.6. The number of phenolic OH excluding ortho intramolecular Hbond substituents is 4. The van der Waals surface area contributed by atoms with Crippen molar-refractivity contribution in [3.8, 4) is 23.0 Å². The Balaban J connectivity index is 1.85. The maximum atomic E-state index is 12.8. The number of hydrogen-bond acceptors (Lipinski definition) is 11. The lowest BCUT2D eigenvalue weighted by Gasteiger charge is -2.41. The van der Waals surface area contributed by atoms with Gasteiger partial charge in [0.2, 0.25) is 0 Å². The Morgan fingerprint density at radius 2 is 1.24 bits per heavy atom. The van der Waals surface area contributed by atoms with Crippen molar-refractivity contribution < 1.29 is 59.6 Å². The first-order valence-corrected chi connectivity index (χ1v) is 10.7. The second-order valence-corrected chi connectivity index (χ2v) is 8.49. The molecule has 1 aliphatic carbocycles. The molecule has 196 valence electrons. The second kappa shape index (κ2) is 10.2. The van der Waals surface area contributed by atoms with E-state index in [1.54, 1.807) is 0 Å². The lowest BCUT2D eigenvalue weighted by atomic mass is 9.79. The predicted octanol–water partition coefficient (Wildman–Crippen LogP) is 1.03. The molecule has 0 heterocycles. The summed E-state index contributed by atoms with van der Waals surface area (Å²) in [5.41, 5.74) is -3.06. The Hall–Kier alpha value is -4.55. The number of aromatic hydroxyl groups is 4. The number of aliphatic hydroxyl groups excluding tert-OH is 1. The van der Waals surface area contributed by atoms with E-state index in [0.29, 0.717) is 0 Å². The molecule has 2 aromatic carbocycles. The molecule has 4 atom stereocenters. The number of carboxylic acids is 1. The van der Waals surface area contributed by atoms with Crippen molar-refractivity contribution in [1.82, 2.24) is 0 Å². The van der Waals surface area contributed by atoms with E-state index >= 15 is 0 Å². The van der Waals surface area contributed by atoms with Gasteiger partial charge in [0.1, 0.15) is 6.10 Å². The van der Waals surface area contributed by atoms with Crippen LogP contribution in [-0.2, 0) is 23.9 Å². The number of carbonyl (C=O) groups excluding carboxylic acids is 2. The van der Waals surface area contributed by atoms with Gasteiger partial charge in [0.25, 0.3) is 0 Å². The van der Waals surface area contributed by atoms with Crippen LogP contribution in [0.5, 0.6) is 23.0 Å². The second-order valence-electron chi connectivity index (χ2n) is 8.49. The van der Waals surface area contributed by atoms with Gasteiger partial charge in [-0.3, -0.25) is 0 Å². The van der Waals surface area contributed by atoms with Crippen molar-refractivity contribution in [2.75, 3.05) is 0 Å². The molecule has 0 radical (unpaired) electrons. The number of aliphatic carboxylic acids is 1. The average Bonchev–Trinajstić information content (AvgIpc) is 2.83. The van der Waals surface area contributed by atoms with Gasteiger partial charge in [0.05, 0.1) is 17.3 Å². The summed E-state index contributed by atoms with van der Waals surface area (Å²) in [6.45, 7) is 7.10. The van der Waals surface area contributed by atoms with E-state index in [2.05, 4.69) is 13.2 Å². The molecule has 3 rings (SSSR count). The van der Waals surface area contributed by atoms with Crippen LogP contribution < -0.4 is 0 Å². The molecule has 1 aliphatic rings. The highest BCUT2D eigenvalue weighted by Gasteiger charge is 2.52. The van der Waals surface area contributed by atoms with Crippen molar-refractivity contribution in [2.45, 2.75) is 36.8 Å². The maximum absolute atomic E-state index is 12.8. The number of aliphatic hydroxyl groups is 2. The molecular weight excluding hydrogens is 492 g/mol. The van der Waals surface area contributed by atoms with E-state index in [1.807, 2.05) is 0 Å². The molecule has 0 unspecified atom stereocenters. The van der Waals surface area contributed by atoms with Gasteiger partial charge < -0.3 is 45.2 Å². The number of carboxylic acid groups (broad SMARTS) is 1. The third-order valence-electron chi connectivity index (χ3n) is 5.87. The molecule has 12 nitrogen and oxygen atoms in total. The molecule has 12 heteroatoms. The molecule has 0 bridgehead atoms. The van der Waals surface area contributed by atoms with Gasteiger partial charge in [0, 0.05) is 12.8 Å². The summed E-state index contributed by atoms with van der Waals surface area (Å²) in [5.74, 6) is -5.98. The molecule has 0 saturated heterocycles. The van der Waals surface area contributed by atoms with E-state index in [1.165, 1.54) is 12.1 Å². The molecule has 0 aromatic heterocycles. The zero-order valence-corrected chi connectivity index (χ0v) is 19.2. The number of phenols is 4. The minimum atomic E-state index is -2.52. The van der Waals surface area contributed by atoms with Gasteiger partial charge in [-0.1, -0.05) is 25.3 Å². The quantitative estimate of drug-likeness (QED) is 0.156. The number of rotatable bonds is 7. The Labute approximate surface area is 209 Å². The first-order valence-electron chi connectivity index (χ1n) is 10.7. The number of esters is 2. The van der Waals surface area contributed by atoms with E-state index in [9.17, 15) is 50.1 Å². The minimum absolute atomic E-state index is 0.0409. The Bertz CT molecular complexity index is 1280. The Kier molecular flexibility index (Phi) is 7.46. The Morgan fingerprint density at radius 1 is 0.784 bits per heavy atom. The van der Waals surface area contributed by atoms with Gasteiger partial charge in [-0.2, -0.15) is 0 Å². The fourth-order valence-electron chi connectivity index (χ4n) is 3.74. The SMILES string of the molecule is C=C(C(=O)O[C@H]1[C@H](O)C[C@](O)(C(=O)O)C[C@H]1OC(=O)C(=C)c1ccc(O)c(O)c1)c1ccc(O)c(O)c1. The fourth-order valence-corrected chi connectivity index (χ4v) is 3.74. The highest BCUT2D eigenvalue weighted by molar-refractivity contribution is 6.16. The lowest BCUT2D eigenvalue weighted by molar-refractivity contribution is -0.204. The first kappa shape index (κ1) is 27.0. The Morgan fingerprint density at radius 3 is 1.68 bits per heavy atom. The minimum Gasteiger partial charge on any atom is -0.504 e. The molecule has 1 fully saturated rings. The lowest BCUT2D eigenvalue weighted by Crippen LogP contribution is -2.58. The summed E-state index contributed by atoms with van der Waals surface area (Å²) in [5, 5.41) is 68.7. The van der Waals surface area contributed by atoms with Crippen LogP contribution in [0.1, 0.15) is 24.0 Å². The zero-order valence-electron chi connectivity index (χ0n) is 19.2. The molecule has 0 aliphatic heterocycles. The van der Waals surface area contributed by atoms with Crippen molar-refractivity contribution in [1.29, 1.82) is 0 Å². The van der Waals surface area contributed by atoms with E-state index < -0.39 is 77.7 Å². The van der Waals surface area contributed by atoms with Crippen molar-refractivity contribution in [3.63, 3.8) is 0 Å². The summed E-state index contributed by atoms with van der Waals surface area (Å²) in [4.78, 5) is 37.1. The summed E-state index contributed by atoms with van der Waals surface area (Å²) < 4.78 is 10.6. The number of carbonyl (C=O) groups is 3. The normalized spacial score (nSPS) is 23.0. The average molecular weight is 516 g/mol. The molecule has 1 saturated carbocycles.